The number of rotatable bonds is 2. The molecule has 1 aliphatic rings. The second-order valence-electron chi connectivity index (χ2n) is 5.53. The van der Waals surface area contributed by atoms with Gasteiger partial charge in [0.1, 0.15) is 12.4 Å². The van der Waals surface area contributed by atoms with E-state index < -0.39 is 0 Å². The molecule has 0 aromatic heterocycles. The zero-order valence-corrected chi connectivity index (χ0v) is 15.1. The largest absolute Gasteiger partial charge is 0.488 e. The molecule has 5 heteroatoms. The Morgan fingerprint density at radius 1 is 1.26 bits per heavy atom. The molecular formula is C18H15BrClNO2. The van der Waals surface area contributed by atoms with Gasteiger partial charge in [0.25, 0.3) is 5.91 Å². The standard InChI is InChI=1S/C18H15BrClNO2/c1-10-5-11(2)17(15(20)6-10)21-18(22)13-7-12-8-14(19)3-4-16(12)23-9-13/h3-8H,9H2,1-2H3,(H,21,22). The van der Waals surface area contributed by atoms with Crippen molar-refractivity contribution in [1.82, 2.24) is 0 Å². The fourth-order valence-electron chi connectivity index (χ4n) is 2.55. The van der Waals surface area contributed by atoms with Gasteiger partial charge in [-0.3, -0.25) is 4.79 Å². The molecule has 0 radical (unpaired) electrons. The number of hydrogen-bond donors (Lipinski definition) is 1. The number of aryl methyl sites for hydroxylation is 2. The molecule has 1 heterocycles. The van der Waals surface area contributed by atoms with Crippen molar-refractivity contribution in [3.8, 4) is 5.75 Å². The Kier molecular flexibility index (Phi) is 4.46. The molecule has 1 N–H and O–H groups in total. The van der Waals surface area contributed by atoms with Crippen LogP contribution in [0, 0.1) is 13.8 Å². The lowest BCUT2D eigenvalue weighted by Gasteiger charge is -2.19. The minimum atomic E-state index is -0.204. The summed E-state index contributed by atoms with van der Waals surface area (Å²) in [6.07, 6.45) is 1.84. The Labute approximate surface area is 148 Å². The number of carbonyl (C=O) groups excluding carboxylic acids is 1. The van der Waals surface area contributed by atoms with Crippen LogP contribution in [0.4, 0.5) is 5.69 Å². The lowest BCUT2D eigenvalue weighted by Crippen LogP contribution is -2.21. The van der Waals surface area contributed by atoms with Crippen LogP contribution in [-0.2, 0) is 4.79 Å². The number of benzene rings is 2. The van der Waals surface area contributed by atoms with E-state index in [-0.39, 0.29) is 12.5 Å². The second kappa shape index (κ2) is 6.38. The van der Waals surface area contributed by atoms with Gasteiger partial charge in [-0.15, -0.1) is 0 Å². The summed E-state index contributed by atoms with van der Waals surface area (Å²) in [5, 5.41) is 3.43. The highest BCUT2D eigenvalue weighted by Gasteiger charge is 2.19. The molecule has 1 aliphatic heterocycles. The Balaban J connectivity index is 1.88. The summed E-state index contributed by atoms with van der Waals surface area (Å²) in [7, 11) is 0. The third-order valence-electron chi connectivity index (χ3n) is 3.65. The first-order valence-corrected chi connectivity index (χ1v) is 8.32. The third kappa shape index (κ3) is 3.43. The maximum Gasteiger partial charge on any atom is 0.255 e. The van der Waals surface area contributed by atoms with Gasteiger partial charge in [0, 0.05) is 10.0 Å². The number of hydrogen-bond acceptors (Lipinski definition) is 2. The molecule has 1 amide bonds. The Morgan fingerprint density at radius 3 is 2.78 bits per heavy atom. The van der Waals surface area contributed by atoms with E-state index in [1.165, 1.54) is 0 Å². The van der Waals surface area contributed by atoms with Crippen LogP contribution in [0.25, 0.3) is 6.08 Å². The highest BCUT2D eigenvalue weighted by atomic mass is 79.9. The molecule has 0 atom stereocenters. The Bertz CT molecular complexity index is 807. The third-order valence-corrected chi connectivity index (χ3v) is 4.44. The van der Waals surface area contributed by atoms with Gasteiger partial charge < -0.3 is 10.1 Å². The fraction of sp³-hybridized carbons (Fsp3) is 0.167. The Hall–Kier alpha value is -1.78. The van der Waals surface area contributed by atoms with Crippen molar-refractivity contribution in [2.24, 2.45) is 0 Å². The zero-order chi connectivity index (χ0) is 16.6. The molecule has 118 valence electrons. The van der Waals surface area contributed by atoms with E-state index in [0.29, 0.717) is 16.3 Å². The van der Waals surface area contributed by atoms with Crippen molar-refractivity contribution in [2.75, 3.05) is 11.9 Å². The molecular weight excluding hydrogens is 378 g/mol. The first kappa shape index (κ1) is 16.1. The van der Waals surface area contributed by atoms with Crippen LogP contribution in [0.3, 0.4) is 0 Å². The van der Waals surface area contributed by atoms with Crippen LogP contribution in [0.15, 0.2) is 40.4 Å². The topological polar surface area (TPSA) is 38.3 Å². The molecule has 2 aromatic rings. The predicted molar refractivity (Wildman–Crippen MR) is 97.2 cm³/mol. The second-order valence-corrected chi connectivity index (χ2v) is 6.86. The van der Waals surface area contributed by atoms with Gasteiger partial charge in [0.15, 0.2) is 0 Å². The molecule has 0 fully saturated rings. The van der Waals surface area contributed by atoms with Crippen LogP contribution in [0.5, 0.6) is 5.75 Å². The van der Waals surface area contributed by atoms with Crippen LogP contribution in [-0.4, -0.2) is 12.5 Å². The van der Waals surface area contributed by atoms with Crippen LogP contribution < -0.4 is 10.1 Å². The van der Waals surface area contributed by atoms with E-state index in [2.05, 4.69) is 21.2 Å². The molecule has 0 bridgehead atoms. The van der Waals surface area contributed by atoms with E-state index in [4.69, 9.17) is 16.3 Å². The number of anilines is 1. The molecule has 0 saturated carbocycles. The predicted octanol–water partition coefficient (Wildman–Crippen LogP) is 5.13. The van der Waals surface area contributed by atoms with E-state index in [0.717, 1.165) is 26.9 Å². The van der Waals surface area contributed by atoms with Crippen molar-refractivity contribution in [3.63, 3.8) is 0 Å². The summed E-state index contributed by atoms with van der Waals surface area (Å²) in [6.45, 7) is 4.13. The number of amides is 1. The smallest absolute Gasteiger partial charge is 0.255 e. The van der Waals surface area contributed by atoms with E-state index in [9.17, 15) is 4.79 Å². The molecule has 0 spiro atoms. The first-order chi connectivity index (χ1) is 10.9. The Morgan fingerprint density at radius 2 is 2.04 bits per heavy atom. The summed E-state index contributed by atoms with van der Waals surface area (Å²) >= 11 is 9.67. The molecule has 23 heavy (non-hydrogen) atoms. The van der Waals surface area contributed by atoms with Gasteiger partial charge >= 0.3 is 0 Å². The van der Waals surface area contributed by atoms with E-state index in [1.807, 2.05) is 50.3 Å². The molecule has 0 saturated heterocycles. The zero-order valence-electron chi connectivity index (χ0n) is 12.7. The maximum atomic E-state index is 12.5. The molecule has 0 aliphatic carbocycles. The summed E-state index contributed by atoms with van der Waals surface area (Å²) in [5.74, 6) is 0.568. The van der Waals surface area contributed by atoms with Crippen molar-refractivity contribution in [2.45, 2.75) is 13.8 Å². The van der Waals surface area contributed by atoms with Crippen molar-refractivity contribution >= 4 is 45.2 Å². The quantitative estimate of drug-likeness (QED) is 0.769. The SMILES string of the molecule is Cc1cc(C)c(NC(=O)C2=Cc3cc(Br)ccc3OC2)c(Cl)c1. The van der Waals surface area contributed by atoms with Gasteiger partial charge in [-0.05, 0) is 55.3 Å². The summed E-state index contributed by atoms with van der Waals surface area (Å²) in [5.41, 5.74) is 4.07. The van der Waals surface area contributed by atoms with Crippen molar-refractivity contribution < 1.29 is 9.53 Å². The summed E-state index contributed by atoms with van der Waals surface area (Å²) in [4.78, 5) is 12.5. The monoisotopic (exact) mass is 391 g/mol. The normalized spacial score (nSPS) is 13.0. The molecule has 3 rings (SSSR count). The average molecular weight is 393 g/mol. The van der Waals surface area contributed by atoms with Gasteiger partial charge in [-0.25, -0.2) is 0 Å². The van der Waals surface area contributed by atoms with Gasteiger partial charge in [0.2, 0.25) is 0 Å². The molecule has 3 nitrogen and oxygen atoms in total. The number of halogens is 2. The van der Waals surface area contributed by atoms with E-state index >= 15 is 0 Å². The molecule has 2 aromatic carbocycles. The number of carbonyl (C=O) groups is 1. The van der Waals surface area contributed by atoms with Crippen molar-refractivity contribution in [3.05, 3.63) is 62.1 Å². The fourth-order valence-corrected chi connectivity index (χ4v) is 3.29. The average Bonchev–Trinajstić information content (AvgIpc) is 2.49. The first-order valence-electron chi connectivity index (χ1n) is 7.15. The van der Waals surface area contributed by atoms with E-state index in [1.54, 1.807) is 0 Å². The van der Waals surface area contributed by atoms with Crippen LogP contribution in [0.1, 0.15) is 16.7 Å². The number of nitrogens with one attached hydrogen (secondary N) is 1. The minimum absolute atomic E-state index is 0.204. The number of ether oxygens (including phenoxy) is 1. The van der Waals surface area contributed by atoms with Crippen molar-refractivity contribution in [1.29, 1.82) is 0 Å². The lowest BCUT2D eigenvalue weighted by molar-refractivity contribution is -0.113. The maximum absolute atomic E-state index is 12.5. The minimum Gasteiger partial charge on any atom is -0.488 e. The highest BCUT2D eigenvalue weighted by Crippen LogP contribution is 2.31. The van der Waals surface area contributed by atoms with Crippen LogP contribution >= 0.6 is 27.5 Å². The van der Waals surface area contributed by atoms with Gasteiger partial charge in [-0.1, -0.05) is 33.6 Å². The highest BCUT2D eigenvalue weighted by molar-refractivity contribution is 9.10. The summed E-state index contributed by atoms with van der Waals surface area (Å²) < 4.78 is 6.59. The molecule has 0 unspecified atom stereocenters. The van der Waals surface area contributed by atoms with Gasteiger partial charge in [0.05, 0.1) is 16.3 Å². The summed E-state index contributed by atoms with van der Waals surface area (Å²) in [6, 6.07) is 9.53. The van der Waals surface area contributed by atoms with Crippen LogP contribution in [0.2, 0.25) is 5.02 Å². The number of fused-ring (bicyclic) bond motifs is 1. The van der Waals surface area contributed by atoms with Gasteiger partial charge in [-0.2, -0.15) is 0 Å². The lowest BCUT2D eigenvalue weighted by atomic mass is 10.1.